The van der Waals surface area contributed by atoms with Crippen LogP contribution in [-0.4, -0.2) is 35.6 Å². The topological polar surface area (TPSA) is 90.5 Å². The maximum absolute atomic E-state index is 12.7. The molecule has 4 rings (SSSR count). The summed E-state index contributed by atoms with van der Waals surface area (Å²) < 4.78 is 3.40. The third kappa shape index (κ3) is 4.92. The van der Waals surface area contributed by atoms with Crippen molar-refractivity contribution in [3.8, 4) is 11.1 Å². The third-order valence-electron chi connectivity index (χ3n) is 6.02. The quantitative estimate of drug-likeness (QED) is 0.336. The summed E-state index contributed by atoms with van der Waals surface area (Å²) >= 11 is 7.74. The monoisotopic (exact) mass is 495 g/mol. The molecular weight excluding hydrogens is 470 g/mol. The van der Waals surface area contributed by atoms with E-state index in [1.807, 2.05) is 57.2 Å². The zero-order chi connectivity index (χ0) is 24.5. The molecule has 176 valence electrons. The van der Waals surface area contributed by atoms with Crippen LogP contribution >= 0.6 is 23.5 Å². The van der Waals surface area contributed by atoms with E-state index in [1.165, 1.54) is 11.9 Å². The van der Waals surface area contributed by atoms with Gasteiger partial charge in [-0.1, -0.05) is 35.9 Å². The Morgan fingerprint density at radius 1 is 0.971 bits per heavy atom. The second-order valence-electron chi connectivity index (χ2n) is 8.63. The Bertz CT molecular complexity index is 1270. The van der Waals surface area contributed by atoms with Crippen LogP contribution in [0.15, 0.2) is 59.5 Å². The van der Waals surface area contributed by atoms with Gasteiger partial charge >= 0.3 is 5.97 Å². The van der Waals surface area contributed by atoms with Crippen LogP contribution in [0.5, 0.6) is 0 Å². The Labute approximate surface area is 208 Å². The number of carbonyl (C=O) groups is 2. The number of hydrogen-bond acceptors (Lipinski definition) is 5. The van der Waals surface area contributed by atoms with Crippen molar-refractivity contribution >= 4 is 41.1 Å². The number of carbonyl (C=O) groups excluding carboxylic acids is 1. The fourth-order valence-corrected chi connectivity index (χ4v) is 4.82. The Morgan fingerprint density at radius 3 is 2.35 bits per heavy atom. The van der Waals surface area contributed by atoms with Gasteiger partial charge in [0.1, 0.15) is 0 Å². The zero-order valence-corrected chi connectivity index (χ0v) is 20.7. The molecule has 1 aliphatic rings. The molecule has 8 heteroatoms. The van der Waals surface area contributed by atoms with Gasteiger partial charge in [0.15, 0.2) is 5.54 Å². The molecule has 0 bridgehead atoms. The van der Waals surface area contributed by atoms with Crippen LogP contribution in [0.25, 0.3) is 11.1 Å². The molecule has 1 saturated heterocycles. The van der Waals surface area contributed by atoms with Crippen LogP contribution in [0, 0.1) is 20.8 Å². The van der Waals surface area contributed by atoms with Gasteiger partial charge in [-0.2, -0.15) is 0 Å². The lowest BCUT2D eigenvalue weighted by Crippen LogP contribution is -2.73. The number of hydrogen-bond donors (Lipinski definition) is 4. The smallest absolute Gasteiger partial charge is 0.332 e. The number of anilines is 1. The molecule has 0 radical (unpaired) electrons. The Kier molecular flexibility index (Phi) is 6.89. The summed E-state index contributed by atoms with van der Waals surface area (Å²) in [5.74, 6) is -1.41. The first kappa shape index (κ1) is 24.1. The van der Waals surface area contributed by atoms with Gasteiger partial charge in [0.25, 0.3) is 5.91 Å². The van der Waals surface area contributed by atoms with E-state index >= 15 is 0 Å². The van der Waals surface area contributed by atoms with Crippen molar-refractivity contribution in [2.45, 2.75) is 31.2 Å². The minimum atomic E-state index is -1.24. The highest BCUT2D eigenvalue weighted by atomic mass is 35.5. The van der Waals surface area contributed by atoms with Gasteiger partial charge in [0.05, 0.1) is 0 Å². The number of nitrogens with one attached hydrogen (secondary N) is 3. The van der Waals surface area contributed by atoms with Gasteiger partial charge in [-0.15, -0.1) is 0 Å². The van der Waals surface area contributed by atoms with Crippen LogP contribution in [0.3, 0.4) is 0 Å². The first-order valence-electron chi connectivity index (χ1n) is 10.9. The fourth-order valence-electron chi connectivity index (χ4n) is 3.79. The van der Waals surface area contributed by atoms with Gasteiger partial charge in [-0.25, -0.2) is 4.79 Å². The average Bonchev–Trinajstić information content (AvgIpc) is 2.77. The van der Waals surface area contributed by atoms with Gasteiger partial charge in [-0.3, -0.25) is 4.79 Å². The van der Waals surface area contributed by atoms with E-state index < -0.39 is 11.5 Å². The van der Waals surface area contributed by atoms with Crippen molar-refractivity contribution in [1.29, 1.82) is 0 Å². The lowest BCUT2D eigenvalue weighted by atomic mass is 9.91. The van der Waals surface area contributed by atoms with Gasteiger partial charge < -0.3 is 20.5 Å². The maximum atomic E-state index is 12.7. The summed E-state index contributed by atoms with van der Waals surface area (Å²) in [4.78, 5) is 25.4. The molecule has 0 saturated carbocycles. The van der Waals surface area contributed by atoms with E-state index in [2.05, 4.69) is 27.5 Å². The van der Waals surface area contributed by atoms with Crippen molar-refractivity contribution in [3.05, 3.63) is 81.9 Å². The molecule has 3 aromatic carbocycles. The van der Waals surface area contributed by atoms with Crippen molar-refractivity contribution in [3.63, 3.8) is 0 Å². The summed E-state index contributed by atoms with van der Waals surface area (Å²) in [6.07, 6.45) is 0. The number of aryl methyl sites for hydroxylation is 3. The molecule has 3 aromatic rings. The van der Waals surface area contributed by atoms with E-state index in [-0.39, 0.29) is 19.0 Å². The molecule has 1 fully saturated rings. The van der Waals surface area contributed by atoms with E-state index in [9.17, 15) is 14.7 Å². The molecule has 1 heterocycles. The van der Waals surface area contributed by atoms with Crippen LogP contribution in [0.4, 0.5) is 5.69 Å². The van der Waals surface area contributed by atoms with Crippen molar-refractivity contribution in [1.82, 2.24) is 10.6 Å². The number of halogens is 1. The molecular formula is C26H26ClN3O3S. The summed E-state index contributed by atoms with van der Waals surface area (Å²) in [7, 11) is 0. The van der Waals surface area contributed by atoms with Crippen molar-refractivity contribution < 1.29 is 14.7 Å². The molecule has 0 atom stereocenters. The summed E-state index contributed by atoms with van der Waals surface area (Å²) in [5, 5.41) is 15.8. The van der Waals surface area contributed by atoms with E-state index in [1.54, 1.807) is 6.07 Å². The normalized spacial score (nSPS) is 14.2. The first-order chi connectivity index (χ1) is 16.2. The molecule has 0 aromatic heterocycles. The highest BCUT2D eigenvalue weighted by Gasteiger charge is 2.46. The number of aliphatic carboxylic acids is 1. The molecule has 6 nitrogen and oxygen atoms in total. The van der Waals surface area contributed by atoms with Gasteiger partial charge in [0, 0.05) is 34.3 Å². The maximum Gasteiger partial charge on any atom is 0.332 e. The Balaban J connectivity index is 1.49. The second-order valence-corrected chi connectivity index (χ2v) is 9.88. The average molecular weight is 496 g/mol. The van der Waals surface area contributed by atoms with Crippen molar-refractivity contribution in [2.24, 2.45) is 0 Å². The molecule has 0 spiro atoms. The molecule has 4 N–H and O–H groups in total. The molecule has 34 heavy (non-hydrogen) atoms. The predicted molar refractivity (Wildman–Crippen MR) is 138 cm³/mol. The van der Waals surface area contributed by atoms with E-state index in [0.29, 0.717) is 5.56 Å². The first-order valence-corrected chi connectivity index (χ1v) is 12.1. The number of carboxylic acids is 1. The van der Waals surface area contributed by atoms with Crippen LogP contribution in [0.1, 0.15) is 27.0 Å². The highest BCUT2D eigenvalue weighted by molar-refractivity contribution is 8.00. The number of rotatable bonds is 7. The number of carboxylic acid groups (broad SMARTS) is 1. The summed E-state index contributed by atoms with van der Waals surface area (Å²) in [6.45, 7) is 6.32. The van der Waals surface area contributed by atoms with Crippen LogP contribution in [0.2, 0.25) is 5.02 Å². The Morgan fingerprint density at radius 2 is 1.71 bits per heavy atom. The fraction of sp³-hybridized carbons (Fsp3) is 0.231. The predicted octanol–water partition coefficient (Wildman–Crippen LogP) is 5.21. The minimum Gasteiger partial charge on any atom is -0.479 e. The molecule has 1 aliphatic heterocycles. The van der Waals surface area contributed by atoms with Gasteiger partial charge in [0.2, 0.25) is 0 Å². The van der Waals surface area contributed by atoms with Crippen molar-refractivity contribution in [2.75, 3.05) is 17.8 Å². The molecule has 1 amide bonds. The lowest BCUT2D eigenvalue weighted by molar-refractivity contribution is -0.146. The summed E-state index contributed by atoms with van der Waals surface area (Å²) in [5.41, 5.74) is 5.09. The number of benzene rings is 3. The largest absolute Gasteiger partial charge is 0.479 e. The van der Waals surface area contributed by atoms with Crippen LogP contribution < -0.4 is 15.4 Å². The second kappa shape index (κ2) is 9.70. The van der Waals surface area contributed by atoms with Crippen LogP contribution in [-0.2, 0) is 4.79 Å². The summed E-state index contributed by atoms with van der Waals surface area (Å²) in [6, 6.07) is 17.7. The molecule has 0 unspecified atom stereocenters. The number of amides is 1. The third-order valence-corrected chi connectivity index (χ3v) is 7.42. The van der Waals surface area contributed by atoms with E-state index in [4.69, 9.17) is 11.6 Å². The molecule has 0 aliphatic carbocycles. The highest BCUT2D eigenvalue weighted by Crippen LogP contribution is 2.31. The standard InChI is InChI=1S/C26H26ClN3O3S/c1-15-9-19(7-8-21(15)24(31)29-26(25(32)33)13-28-14-26)18-5-4-6-20(12-18)30-34-23-11-16(2)22(27)10-17(23)3/h4-12,28,30H,13-14H2,1-3H3,(H,29,31)(H,32,33). The zero-order valence-electron chi connectivity index (χ0n) is 19.2. The van der Waals surface area contributed by atoms with E-state index in [0.717, 1.165) is 43.4 Å². The minimum absolute atomic E-state index is 0.220. The SMILES string of the molecule is Cc1cc(SNc2cccc(-c3ccc(C(=O)NC4(C(=O)O)CNC4)c(C)c3)c2)c(C)cc1Cl. The van der Waals surface area contributed by atoms with Gasteiger partial charge in [-0.05, 0) is 90.9 Å². The lowest BCUT2D eigenvalue weighted by Gasteiger charge is -2.39. The Hall–Kier alpha value is -3.00.